The van der Waals surface area contributed by atoms with Crippen molar-refractivity contribution in [3.8, 4) is 5.69 Å². The monoisotopic (exact) mass is 367 g/mol. The number of nitrogens with zero attached hydrogens (tertiary/aromatic N) is 3. The molecule has 1 aromatic heterocycles. The van der Waals surface area contributed by atoms with Crippen molar-refractivity contribution in [2.75, 3.05) is 19.7 Å². The predicted molar refractivity (Wildman–Crippen MR) is 105 cm³/mol. The average molecular weight is 367 g/mol. The van der Waals surface area contributed by atoms with Gasteiger partial charge in [0.15, 0.2) is 0 Å². The Morgan fingerprint density at radius 3 is 2.67 bits per heavy atom. The molecule has 144 valence electrons. The van der Waals surface area contributed by atoms with Crippen LogP contribution in [-0.2, 0) is 4.74 Å². The molecule has 0 unspecified atom stereocenters. The molecule has 5 nitrogen and oxygen atoms in total. The van der Waals surface area contributed by atoms with Crippen LogP contribution in [-0.4, -0.2) is 46.4 Å². The van der Waals surface area contributed by atoms with Crippen LogP contribution in [0.25, 0.3) is 5.69 Å². The molecule has 5 heteroatoms. The van der Waals surface area contributed by atoms with Gasteiger partial charge < -0.3 is 9.64 Å². The Bertz CT molecular complexity index is 804. The number of hydrogen-bond acceptors (Lipinski definition) is 3. The van der Waals surface area contributed by atoms with Gasteiger partial charge in [-0.2, -0.15) is 5.10 Å². The summed E-state index contributed by atoms with van der Waals surface area (Å²) in [6.45, 7) is 6.40. The number of aromatic nitrogens is 2. The summed E-state index contributed by atoms with van der Waals surface area (Å²) in [4.78, 5) is 15.4. The fourth-order valence-electron chi connectivity index (χ4n) is 4.11. The van der Waals surface area contributed by atoms with E-state index in [-0.39, 0.29) is 12.0 Å². The van der Waals surface area contributed by atoms with Gasteiger partial charge in [0.2, 0.25) is 0 Å². The zero-order valence-corrected chi connectivity index (χ0v) is 16.4. The van der Waals surface area contributed by atoms with Crippen molar-refractivity contribution >= 4 is 5.91 Å². The van der Waals surface area contributed by atoms with Gasteiger partial charge in [-0.25, -0.2) is 4.68 Å². The van der Waals surface area contributed by atoms with Crippen LogP contribution in [0, 0.1) is 19.8 Å². The maximum absolute atomic E-state index is 13.3. The summed E-state index contributed by atoms with van der Waals surface area (Å²) in [5, 5.41) is 4.55. The van der Waals surface area contributed by atoms with E-state index in [1.807, 2.05) is 47.7 Å². The Labute approximate surface area is 161 Å². The smallest absolute Gasteiger partial charge is 0.254 e. The third kappa shape index (κ3) is 4.08. The lowest BCUT2D eigenvalue weighted by Crippen LogP contribution is -2.41. The molecule has 0 bridgehead atoms. The number of rotatable bonds is 6. The fraction of sp³-hybridized carbons (Fsp3) is 0.545. The number of aryl methyl sites for hydroxylation is 2. The maximum Gasteiger partial charge on any atom is 0.254 e. The molecule has 2 fully saturated rings. The van der Waals surface area contributed by atoms with E-state index in [0.29, 0.717) is 12.5 Å². The molecule has 2 aromatic rings. The van der Waals surface area contributed by atoms with Crippen molar-refractivity contribution in [1.29, 1.82) is 0 Å². The zero-order valence-electron chi connectivity index (χ0n) is 16.4. The van der Waals surface area contributed by atoms with Crippen LogP contribution in [0.2, 0.25) is 0 Å². The van der Waals surface area contributed by atoms with E-state index in [2.05, 4.69) is 11.2 Å². The van der Waals surface area contributed by atoms with Crippen LogP contribution in [0.3, 0.4) is 0 Å². The van der Waals surface area contributed by atoms with E-state index < -0.39 is 0 Å². The molecule has 2 aliphatic rings. The molecule has 1 saturated heterocycles. The van der Waals surface area contributed by atoms with Gasteiger partial charge in [0.05, 0.1) is 17.5 Å². The van der Waals surface area contributed by atoms with Crippen molar-refractivity contribution in [3.63, 3.8) is 0 Å². The molecule has 0 radical (unpaired) electrons. The highest BCUT2D eigenvalue weighted by molar-refractivity contribution is 5.94. The first kappa shape index (κ1) is 18.2. The third-order valence-electron chi connectivity index (χ3n) is 5.79. The summed E-state index contributed by atoms with van der Waals surface area (Å²) in [6, 6.07) is 9.89. The second-order valence-electron chi connectivity index (χ2n) is 8.03. The molecule has 1 aliphatic heterocycles. The van der Waals surface area contributed by atoms with Crippen molar-refractivity contribution < 1.29 is 9.53 Å². The fourth-order valence-corrected chi connectivity index (χ4v) is 4.11. The summed E-state index contributed by atoms with van der Waals surface area (Å²) in [7, 11) is 0. The van der Waals surface area contributed by atoms with E-state index in [1.165, 1.54) is 19.3 Å². The van der Waals surface area contributed by atoms with Crippen molar-refractivity contribution in [2.45, 2.75) is 52.1 Å². The van der Waals surface area contributed by atoms with Gasteiger partial charge >= 0.3 is 0 Å². The maximum atomic E-state index is 13.3. The van der Waals surface area contributed by atoms with Gasteiger partial charge in [-0.15, -0.1) is 0 Å². The molecular weight excluding hydrogens is 338 g/mol. The Hall–Kier alpha value is -2.14. The molecule has 1 amide bonds. The predicted octanol–water partition coefficient (Wildman–Crippen LogP) is 3.91. The van der Waals surface area contributed by atoms with Crippen LogP contribution in [0.1, 0.15) is 53.8 Å². The Morgan fingerprint density at radius 2 is 2.04 bits per heavy atom. The van der Waals surface area contributed by atoms with E-state index in [1.54, 1.807) is 0 Å². The molecule has 1 aromatic carbocycles. The first-order valence-electron chi connectivity index (χ1n) is 10.1. The number of carbonyl (C=O) groups is 1. The molecule has 2 heterocycles. The van der Waals surface area contributed by atoms with Gasteiger partial charge in [0.1, 0.15) is 0 Å². The minimum absolute atomic E-state index is 0.112. The summed E-state index contributed by atoms with van der Waals surface area (Å²) in [5.74, 6) is 0.760. The van der Waals surface area contributed by atoms with E-state index in [4.69, 9.17) is 4.74 Å². The second kappa shape index (κ2) is 7.85. The highest BCUT2D eigenvalue weighted by atomic mass is 16.5. The molecular formula is C22H29N3O2. The van der Waals surface area contributed by atoms with E-state index in [0.717, 1.165) is 48.6 Å². The van der Waals surface area contributed by atoms with Crippen LogP contribution < -0.4 is 0 Å². The number of benzene rings is 1. The molecule has 1 aliphatic carbocycles. The van der Waals surface area contributed by atoms with E-state index in [9.17, 15) is 4.79 Å². The summed E-state index contributed by atoms with van der Waals surface area (Å²) in [6.07, 6.45) is 6.11. The Morgan fingerprint density at radius 1 is 1.19 bits per heavy atom. The molecule has 0 N–H and O–H groups in total. The summed E-state index contributed by atoms with van der Waals surface area (Å²) < 4.78 is 7.71. The lowest BCUT2D eigenvalue weighted by atomic mass is 9.85. The normalized spacial score (nSPS) is 19.9. The topological polar surface area (TPSA) is 47.4 Å². The SMILES string of the molecule is Cc1cc(C)n(-c2cccc(C(=O)N(CC3CCC3)C[C@@H]3CCCO3)c2)n1. The van der Waals surface area contributed by atoms with Crippen molar-refractivity contribution in [1.82, 2.24) is 14.7 Å². The molecule has 27 heavy (non-hydrogen) atoms. The number of carbonyl (C=O) groups excluding carboxylic acids is 1. The highest BCUT2D eigenvalue weighted by Crippen LogP contribution is 2.28. The lowest BCUT2D eigenvalue weighted by molar-refractivity contribution is 0.0448. The molecule has 1 atom stereocenters. The summed E-state index contributed by atoms with van der Waals surface area (Å²) >= 11 is 0. The van der Waals surface area contributed by atoms with Crippen LogP contribution in [0.5, 0.6) is 0 Å². The van der Waals surface area contributed by atoms with Gasteiger partial charge in [-0.1, -0.05) is 12.5 Å². The number of amides is 1. The van der Waals surface area contributed by atoms with Crippen LogP contribution in [0.4, 0.5) is 0 Å². The van der Waals surface area contributed by atoms with Crippen molar-refractivity contribution in [2.24, 2.45) is 5.92 Å². The average Bonchev–Trinajstić information content (AvgIpc) is 3.25. The minimum Gasteiger partial charge on any atom is -0.376 e. The van der Waals surface area contributed by atoms with Gasteiger partial charge in [-0.3, -0.25) is 4.79 Å². The van der Waals surface area contributed by atoms with Crippen LogP contribution >= 0.6 is 0 Å². The first-order valence-corrected chi connectivity index (χ1v) is 10.1. The van der Waals surface area contributed by atoms with Crippen LogP contribution in [0.15, 0.2) is 30.3 Å². The minimum atomic E-state index is 0.112. The molecule has 0 spiro atoms. The quantitative estimate of drug-likeness (QED) is 0.778. The molecule has 1 saturated carbocycles. The largest absolute Gasteiger partial charge is 0.376 e. The Balaban J connectivity index is 1.56. The standard InChI is InChI=1S/C22H29N3O2/c1-16-12-17(2)25(23-16)20-9-4-8-19(13-20)22(26)24(14-18-6-3-7-18)15-21-10-5-11-27-21/h4,8-9,12-13,18,21H,3,5-7,10-11,14-15H2,1-2H3/t21-/m0/s1. The zero-order chi connectivity index (χ0) is 18.8. The third-order valence-corrected chi connectivity index (χ3v) is 5.79. The molecule has 4 rings (SSSR count). The van der Waals surface area contributed by atoms with Crippen molar-refractivity contribution in [3.05, 3.63) is 47.3 Å². The first-order chi connectivity index (χ1) is 13.1. The summed E-state index contributed by atoms with van der Waals surface area (Å²) in [5.41, 5.74) is 3.72. The Kier molecular flexibility index (Phi) is 5.30. The highest BCUT2D eigenvalue weighted by Gasteiger charge is 2.28. The van der Waals surface area contributed by atoms with Gasteiger partial charge in [0.25, 0.3) is 5.91 Å². The van der Waals surface area contributed by atoms with Gasteiger partial charge in [-0.05, 0) is 69.7 Å². The lowest BCUT2D eigenvalue weighted by Gasteiger charge is -2.33. The van der Waals surface area contributed by atoms with Gasteiger partial charge in [0, 0.05) is 31.0 Å². The van der Waals surface area contributed by atoms with E-state index >= 15 is 0 Å². The number of ether oxygens (including phenoxy) is 1. The second-order valence-corrected chi connectivity index (χ2v) is 8.03. The number of hydrogen-bond donors (Lipinski definition) is 0.